The van der Waals surface area contributed by atoms with Crippen LogP contribution < -0.4 is 21.3 Å². The first-order valence-electron chi connectivity index (χ1n) is 7.33. The largest absolute Gasteiger partial charge is 0.489 e. The molecule has 1 heterocycles. The SMILES string of the molecule is NCC1CC(c2ccccc2OCc2ccccc2)NN1. The molecule has 1 saturated heterocycles. The van der Waals surface area contributed by atoms with Crippen molar-refractivity contribution in [2.24, 2.45) is 5.73 Å². The third-order valence-electron chi connectivity index (χ3n) is 3.80. The van der Waals surface area contributed by atoms with E-state index in [4.69, 9.17) is 10.5 Å². The quantitative estimate of drug-likeness (QED) is 0.787. The van der Waals surface area contributed by atoms with Gasteiger partial charge in [0.15, 0.2) is 0 Å². The van der Waals surface area contributed by atoms with E-state index in [1.807, 2.05) is 36.4 Å². The van der Waals surface area contributed by atoms with Gasteiger partial charge in [-0.3, -0.25) is 5.43 Å². The highest BCUT2D eigenvalue weighted by molar-refractivity contribution is 5.36. The molecule has 4 heteroatoms. The summed E-state index contributed by atoms with van der Waals surface area (Å²) in [7, 11) is 0. The lowest BCUT2D eigenvalue weighted by Crippen LogP contribution is -2.35. The number of ether oxygens (including phenoxy) is 1. The van der Waals surface area contributed by atoms with E-state index in [2.05, 4.69) is 29.1 Å². The minimum atomic E-state index is 0.241. The second-order valence-electron chi connectivity index (χ2n) is 5.32. The van der Waals surface area contributed by atoms with Gasteiger partial charge < -0.3 is 10.5 Å². The molecule has 2 aromatic rings. The maximum absolute atomic E-state index is 6.01. The number of hydrogen-bond donors (Lipinski definition) is 3. The minimum Gasteiger partial charge on any atom is -0.489 e. The van der Waals surface area contributed by atoms with Crippen molar-refractivity contribution >= 4 is 0 Å². The Morgan fingerprint density at radius 1 is 1.00 bits per heavy atom. The first-order valence-corrected chi connectivity index (χ1v) is 7.33. The summed E-state index contributed by atoms with van der Waals surface area (Å²) in [4.78, 5) is 0. The summed E-state index contributed by atoms with van der Waals surface area (Å²) in [6.45, 7) is 1.22. The molecule has 0 saturated carbocycles. The van der Waals surface area contributed by atoms with Crippen molar-refractivity contribution in [3.8, 4) is 5.75 Å². The fraction of sp³-hybridized carbons (Fsp3) is 0.294. The molecule has 4 N–H and O–H groups in total. The number of nitrogens with two attached hydrogens (primary N) is 1. The third-order valence-corrected chi connectivity index (χ3v) is 3.80. The van der Waals surface area contributed by atoms with Crippen LogP contribution in [0.5, 0.6) is 5.75 Å². The van der Waals surface area contributed by atoms with Crippen LogP contribution in [0.1, 0.15) is 23.6 Å². The zero-order chi connectivity index (χ0) is 14.5. The first-order chi connectivity index (χ1) is 10.4. The van der Waals surface area contributed by atoms with Gasteiger partial charge >= 0.3 is 0 Å². The molecule has 0 spiro atoms. The average Bonchev–Trinajstić information content (AvgIpc) is 3.03. The lowest BCUT2D eigenvalue weighted by molar-refractivity contribution is 0.299. The van der Waals surface area contributed by atoms with Crippen LogP contribution in [0, 0.1) is 0 Å². The molecule has 3 rings (SSSR count). The molecule has 0 amide bonds. The summed E-state index contributed by atoms with van der Waals surface area (Å²) >= 11 is 0. The number of hydrazine groups is 1. The van der Waals surface area contributed by atoms with E-state index in [0.717, 1.165) is 12.2 Å². The van der Waals surface area contributed by atoms with E-state index in [9.17, 15) is 0 Å². The summed E-state index contributed by atoms with van der Waals surface area (Å²) in [5, 5.41) is 0. The highest BCUT2D eigenvalue weighted by Crippen LogP contribution is 2.30. The predicted octanol–water partition coefficient (Wildman–Crippen LogP) is 2.13. The van der Waals surface area contributed by atoms with Crippen molar-refractivity contribution in [2.45, 2.75) is 25.1 Å². The molecule has 2 atom stereocenters. The molecule has 0 aliphatic carbocycles. The number of nitrogens with one attached hydrogen (secondary N) is 2. The number of hydrogen-bond acceptors (Lipinski definition) is 4. The molecule has 2 aromatic carbocycles. The molecule has 21 heavy (non-hydrogen) atoms. The Kier molecular flexibility index (Phi) is 4.50. The summed E-state index contributed by atoms with van der Waals surface area (Å²) in [6.07, 6.45) is 0.974. The maximum atomic E-state index is 6.01. The first kappa shape index (κ1) is 14.1. The Hall–Kier alpha value is -1.88. The smallest absolute Gasteiger partial charge is 0.124 e. The van der Waals surface area contributed by atoms with E-state index in [0.29, 0.717) is 19.2 Å². The van der Waals surface area contributed by atoms with E-state index in [1.54, 1.807) is 0 Å². The van der Waals surface area contributed by atoms with Gasteiger partial charge in [0.25, 0.3) is 0 Å². The molecule has 110 valence electrons. The van der Waals surface area contributed by atoms with Crippen molar-refractivity contribution in [1.82, 2.24) is 10.9 Å². The molecule has 4 nitrogen and oxygen atoms in total. The standard InChI is InChI=1S/C17H21N3O/c18-11-14-10-16(20-19-14)15-8-4-5-9-17(15)21-12-13-6-2-1-3-7-13/h1-9,14,16,19-20H,10-12,18H2. The molecular weight excluding hydrogens is 262 g/mol. The Bertz CT molecular complexity index is 573. The molecule has 1 aliphatic heterocycles. The Morgan fingerprint density at radius 3 is 2.52 bits per heavy atom. The van der Waals surface area contributed by atoms with E-state index < -0.39 is 0 Å². The molecule has 1 aliphatic rings. The van der Waals surface area contributed by atoms with Gasteiger partial charge in [0.05, 0.1) is 6.04 Å². The molecule has 0 bridgehead atoms. The van der Waals surface area contributed by atoms with Crippen molar-refractivity contribution in [3.63, 3.8) is 0 Å². The van der Waals surface area contributed by atoms with Gasteiger partial charge in [0.2, 0.25) is 0 Å². The second-order valence-corrected chi connectivity index (χ2v) is 5.32. The van der Waals surface area contributed by atoms with Crippen molar-refractivity contribution in [3.05, 3.63) is 65.7 Å². The molecule has 0 radical (unpaired) electrons. The fourth-order valence-corrected chi connectivity index (χ4v) is 2.62. The van der Waals surface area contributed by atoms with Gasteiger partial charge in [0, 0.05) is 18.2 Å². The number of para-hydroxylation sites is 1. The zero-order valence-corrected chi connectivity index (χ0v) is 12.0. The van der Waals surface area contributed by atoms with Crippen molar-refractivity contribution < 1.29 is 4.74 Å². The third kappa shape index (κ3) is 3.42. The topological polar surface area (TPSA) is 59.3 Å². The average molecular weight is 283 g/mol. The Morgan fingerprint density at radius 2 is 1.76 bits per heavy atom. The van der Waals surface area contributed by atoms with E-state index in [1.165, 1.54) is 11.1 Å². The predicted molar refractivity (Wildman–Crippen MR) is 83.7 cm³/mol. The van der Waals surface area contributed by atoms with Gasteiger partial charge in [-0.15, -0.1) is 0 Å². The maximum Gasteiger partial charge on any atom is 0.124 e. The lowest BCUT2D eigenvalue weighted by Gasteiger charge is -2.16. The number of benzene rings is 2. The summed E-state index contributed by atoms with van der Waals surface area (Å²) < 4.78 is 6.01. The van der Waals surface area contributed by atoms with Gasteiger partial charge in [-0.05, 0) is 18.1 Å². The minimum absolute atomic E-state index is 0.241. The van der Waals surface area contributed by atoms with Gasteiger partial charge in [0.1, 0.15) is 12.4 Å². The van der Waals surface area contributed by atoms with Crippen LogP contribution in [0.3, 0.4) is 0 Å². The van der Waals surface area contributed by atoms with Crippen LogP contribution in [0.15, 0.2) is 54.6 Å². The van der Waals surface area contributed by atoms with E-state index >= 15 is 0 Å². The van der Waals surface area contributed by atoms with Crippen LogP contribution in [0.4, 0.5) is 0 Å². The second kappa shape index (κ2) is 6.72. The van der Waals surface area contributed by atoms with Crippen LogP contribution in [0.2, 0.25) is 0 Å². The summed E-state index contributed by atoms with van der Waals surface area (Å²) in [5.41, 5.74) is 14.6. The van der Waals surface area contributed by atoms with Crippen LogP contribution in [-0.4, -0.2) is 12.6 Å². The molecule has 0 aromatic heterocycles. The van der Waals surface area contributed by atoms with Crippen molar-refractivity contribution in [1.29, 1.82) is 0 Å². The summed E-state index contributed by atoms with van der Waals surface area (Å²) in [5.74, 6) is 0.929. The van der Waals surface area contributed by atoms with Crippen molar-refractivity contribution in [2.75, 3.05) is 6.54 Å². The van der Waals surface area contributed by atoms with Crippen LogP contribution >= 0.6 is 0 Å². The highest BCUT2D eigenvalue weighted by atomic mass is 16.5. The van der Waals surface area contributed by atoms with Crippen LogP contribution in [-0.2, 0) is 6.61 Å². The fourth-order valence-electron chi connectivity index (χ4n) is 2.62. The van der Waals surface area contributed by atoms with Gasteiger partial charge in [-0.1, -0.05) is 48.5 Å². The van der Waals surface area contributed by atoms with E-state index in [-0.39, 0.29) is 6.04 Å². The van der Waals surface area contributed by atoms with Gasteiger partial charge in [-0.2, -0.15) is 0 Å². The molecule has 1 fully saturated rings. The molecule has 2 unspecified atom stereocenters. The highest BCUT2D eigenvalue weighted by Gasteiger charge is 2.25. The zero-order valence-electron chi connectivity index (χ0n) is 12.0. The summed E-state index contributed by atoms with van der Waals surface area (Å²) in [6, 6.07) is 19.0. The Balaban J connectivity index is 1.71. The lowest BCUT2D eigenvalue weighted by atomic mass is 10.0. The molecular formula is C17H21N3O. The number of rotatable bonds is 5. The normalized spacial score (nSPS) is 21.4. The monoisotopic (exact) mass is 283 g/mol. The Labute approximate surface area is 125 Å². The van der Waals surface area contributed by atoms with Gasteiger partial charge in [-0.25, -0.2) is 5.43 Å². The van der Waals surface area contributed by atoms with Crippen LogP contribution in [0.25, 0.3) is 0 Å².